The number of methoxy groups -OCH3 is 2. The number of nitrogens with one attached hydrogen (secondary N) is 1. The molecular formula is C13H15N3O3. The topological polar surface area (TPSA) is 65.4 Å². The van der Waals surface area contributed by atoms with Gasteiger partial charge in [-0.3, -0.25) is 9.36 Å². The van der Waals surface area contributed by atoms with Crippen LogP contribution in [0.5, 0.6) is 11.6 Å². The minimum absolute atomic E-state index is 0.204. The van der Waals surface area contributed by atoms with E-state index in [1.165, 1.54) is 17.7 Å². The molecule has 2 rings (SSSR count). The predicted octanol–water partition coefficient (Wildman–Crippen LogP) is 1.54. The standard InChI is InChI=1S/C13H15N3O3/c1-16-12(17)8-11(19-3)15-13(16)14-9-6-4-5-7-10(9)18-2/h4-8H,1-3H3,(H,14,15). The van der Waals surface area contributed by atoms with E-state index in [9.17, 15) is 4.79 Å². The summed E-state index contributed by atoms with van der Waals surface area (Å²) >= 11 is 0. The summed E-state index contributed by atoms with van der Waals surface area (Å²) in [4.78, 5) is 15.9. The Morgan fingerprint density at radius 2 is 1.95 bits per heavy atom. The van der Waals surface area contributed by atoms with Gasteiger partial charge in [0.1, 0.15) is 5.75 Å². The van der Waals surface area contributed by atoms with Crippen LogP contribution in [0, 0.1) is 0 Å². The molecule has 1 N–H and O–H groups in total. The second kappa shape index (κ2) is 5.43. The molecule has 0 saturated carbocycles. The molecule has 0 spiro atoms. The third kappa shape index (κ3) is 2.67. The Balaban J connectivity index is 2.43. The summed E-state index contributed by atoms with van der Waals surface area (Å²) in [6.45, 7) is 0. The summed E-state index contributed by atoms with van der Waals surface area (Å²) in [5, 5.41) is 3.05. The van der Waals surface area contributed by atoms with Gasteiger partial charge in [-0.2, -0.15) is 4.98 Å². The van der Waals surface area contributed by atoms with Crippen molar-refractivity contribution in [3.63, 3.8) is 0 Å². The molecule has 0 atom stereocenters. The van der Waals surface area contributed by atoms with Crippen molar-refractivity contribution in [3.05, 3.63) is 40.7 Å². The Morgan fingerprint density at radius 3 is 2.63 bits per heavy atom. The number of aromatic nitrogens is 2. The van der Waals surface area contributed by atoms with E-state index >= 15 is 0 Å². The first-order valence-corrected chi connectivity index (χ1v) is 5.68. The molecule has 0 bridgehead atoms. The minimum Gasteiger partial charge on any atom is -0.495 e. The molecular weight excluding hydrogens is 246 g/mol. The summed E-state index contributed by atoms with van der Waals surface area (Å²) in [5.74, 6) is 1.31. The summed E-state index contributed by atoms with van der Waals surface area (Å²) in [6.07, 6.45) is 0. The lowest BCUT2D eigenvalue weighted by molar-refractivity contribution is 0.395. The van der Waals surface area contributed by atoms with Crippen molar-refractivity contribution < 1.29 is 9.47 Å². The van der Waals surface area contributed by atoms with E-state index in [0.717, 1.165) is 5.69 Å². The highest BCUT2D eigenvalue weighted by molar-refractivity contribution is 5.62. The number of hydrogen-bond acceptors (Lipinski definition) is 5. The van der Waals surface area contributed by atoms with Gasteiger partial charge < -0.3 is 14.8 Å². The van der Waals surface area contributed by atoms with Gasteiger partial charge in [-0.1, -0.05) is 12.1 Å². The monoisotopic (exact) mass is 261 g/mol. The van der Waals surface area contributed by atoms with Gasteiger partial charge in [0.25, 0.3) is 5.56 Å². The summed E-state index contributed by atoms with van der Waals surface area (Å²) in [6, 6.07) is 8.71. The molecule has 0 aliphatic heterocycles. The second-order valence-corrected chi connectivity index (χ2v) is 3.84. The van der Waals surface area contributed by atoms with Crippen molar-refractivity contribution >= 4 is 11.6 Å². The van der Waals surface area contributed by atoms with Crippen molar-refractivity contribution in [2.24, 2.45) is 7.05 Å². The maximum absolute atomic E-state index is 11.7. The zero-order valence-electron chi connectivity index (χ0n) is 11.0. The van der Waals surface area contributed by atoms with Crippen molar-refractivity contribution in [1.29, 1.82) is 0 Å². The minimum atomic E-state index is -0.204. The second-order valence-electron chi connectivity index (χ2n) is 3.84. The zero-order chi connectivity index (χ0) is 13.8. The SMILES string of the molecule is COc1cc(=O)n(C)c(Nc2ccccc2OC)n1. The fourth-order valence-electron chi connectivity index (χ4n) is 1.60. The molecule has 0 saturated heterocycles. The van der Waals surface area contributed by atoms with Crippen molar-refractivity contribution in [2.45, 2.75) is 0 Å². The maximum Gasteiger partial charge on any atom is 0.258 e. The average molecular weight is 261 g/mol. The first kappa shape index (κ1) is 12.9. The molecule has 2 aromatic rings. The van der Waals surface area contributed by atoms with Gasteiger partial charge in [-0.15, -0.1) is 0 Å². The number of rotatable bonds is 4. The van der Waals surface area contributed by atoms with Crippen LogP contribution in [0.2, 0.25) is 0 Å². The first-order chi connectivity index (χ1) is 9.15. The number of ether oxygens (including phenoxy) is 2. The van der Waals surface area contributed by atoms with Crippen molar-refractivity contribution in [2.75, 3.05) is 19.5 Å². The van der Waals surface area contributed by atoms with E-state index < -0.39 is 0 Å². The van der Waals surface area contributed by atoms with Crippen LogP contribution in [0.25, 0.3) is 0 Å². The molecule has 0 aliphatic rings. The van der Waals surface area contributed by atoms with E-state index in [1.807, 2.05) is 24.3 Å². The Bertz CT molecular complexity index is 637. The molecule has 0 unspecified atom stereocenters. The van der Waals surface area contributed by atoms with E-state index in [1.54, 1.807) is 14.2 Å². The average Bonchev–Trinajstić information content (AvgIpc) is 2.44. The molecule has 6 heteroatoms. The molecule has 0 radical (unpaired) electrons. The van der Waals surface area contributed by atoms with Crippen LogP contribution in [-0.4, -0.2) is 23.8 Å². The number of anilines is 2. The number of para-hydroxylation sites is 2. The highest BCUT2D eigenvalue weighted by Gasteiger charge is 2.08. The Kier molecular flexibility index (Phi) is 3.70. The van der Waals surface area contributed by atoms with Gasteiger partial charge in [-0.05, 0) is 12.1 Å². The highest BCUT2D eigenvalue weighted by atomic mass is 16.5. The van der Waals surface area contributed by atoms with Crippen LogP contribution >= 0.6 is 0 Å². The van der Waals surface area contributed by atoms with Crippen molar-refractivity contribution in [3.8, 4) is 11.6 Å². The maximum atomic E-state index is 11.7. The summed E-state index contributed by atoms with van der Waals surface area (Å²) < 4.78 is 11.6. The fourth-order valence-corrected chi connectivity index (χ4v) is 1.60. The molecule has 1 heterocycles. The lowest BCUT2D eigenvalue weighted by Crippen LogP contribution is -2.20. The van der Waals surface area contributed by atoms with Gasteiger partial charge in [0.15, 0.2) is 0 Å². The third-order valence-corrected chi connectivity index (χ3v) is 2.67. The van der Waals surface area contributed by atoms with Gasteiger partial charge in [0, 0.05) is 7.05 Å². The highest BCUT2D eigenvalue weighted by Crippen LogP contribution is 2.26. The van der Waals surface area contributed by atoms with Crippen LogP contribution < -0.4 is 20.3 Å². The smallest absolute Gasteiger partial charge is 0.258 e. The Morgan fingerprint density at radius 1 is 1.21 bits per heavy atom. The first-order valence-electron chi connectivity index (χ1n) is 5.68. The van der Waals surface area contributed by atoms with E-state index in [-0.39, 0.29) is 11.4 Å². The molecule has 0 fully saturated rings. The normalized spacial score (nSPS) is 10.1. The summed E-state index contributed by atoms with van der Waals surface area (Å²) in [7, 11) is 4.68. The van der Waals surface area contributed by atoms with Crippen LogP contribution in [0.3, 0.4) is 0 Å². The van der Waals surface area contributed by atoms with Gasteiger partial charge >= 0.3 is 0 Å². The van der Waals surface area contributed by atoms with Crippen LogP contribution in [-0.2, 0) is 7.05 Å². The van der Waals surface area contributed by atoms with Gasteiger partial charge in [-0.25, -0.2) is 0 Å². The van der Waals surface area contributed by atoms with Gasteiger partial charge in [0.2, 0.25) is 11.8 Å². The fraction of sp³-hybridized carbons (Fsp3) is 0.231. The Hall–Kier alpha value is -2.50. The lowest BCUT2D eigenvalue weighted by atomic mass is 10.3. The quantitative estimate of drug-likeness (QED) is 0.904. The Labute approximate surface area is 110 Å². The number of nitrogens with zero attached hydrogens (tertiary/aromatic N) is 2. The van der Waals surface area contributed by atoms with Crippen molar-refractivity contribution in [1.82, 2.24) is 9.55 Å². The van der Waals surface area contributed by atoms with E-state index in [0.29, 0.717) is 11.7 Å². The van der Waals surface area contributed by atoms with Crippen LogP contribution in [0.1, 0.15) is 0 Å². The van der Waals surface area contributed by atoms with Gasteiger partial charge in [0.05, 0.1) is 26.0 Å². The molecule has 0 amide bonds. The lowest BCUT2D eigenvalue weighted by Gasteiger charge is -2.13. The predicted molar refractivity (Wildman–Crippen MR) is 72.3 cm³/mol. The third-order valence-electron chi connectivity index (χ3n) is 2.67. The van der Waals surface area contributed by atoms with Crippen LogP contribution in [0.15, 0.2) is 35.1 Å². The van der Waals surface area contributed by atoms with E-state index in [2.05, 4.69) is 10.3 Å². The molecule has 1 aromatic heterocycles. The molecule has 100 valence electrons. The molecule has 19 heavy (non-hydrogen) atoms. The van der Waals surface area contributed by atoms with Crippen LogP contribution in [0.4, 0.5) is 11.6 Å². The largest absolute Gasteiger partial charge is 0.495 e. The number of hydrogen-bond donors (Lipinski definition) is 1. The molecule has 0 aliphatic carbocycles. The molecule has 1 aromatic carbocycles. The number of benzene rings is 1. The zero-order valence-corrected chi connectivity index (χ0v) is 11.0. The summed E-state index contributed by atoms with van der Waals surface area (Å²) in [5.41, 5.74) is 0.519. The molecule has 6 nitrogen and oxygen atoms in total. The van der Waals surface area contributed by atoms with E-state index in [4.69, 9.17) is 9.47 Å².